The van der Waals surface area contributed by atoms with E-state index in [0.29, 0.717) is 16.9 Å². The molecule has 8 nitrogen and oxygen atoms in total. The predicted octanol–water partition coefficient (Wildman–Crippen LogP) is 1.70. The van der Waals surface area contributed by atoms with E-state index >= 15 is 0 Å². The molecule has 0 spiro atoms. The molecule has 0 aliphatic carbocycles. The molecule has 0 aliphatic heterocycles. The molecule has 2 aromatic carbocycles. The van der Waals surface area contributed by atoms with Crippen LogP contribution in [0.15, 0.2) is 54.9 Å². The minimum atomic E-state index is -0.520. The first-order valence-corrected chi connectivity index (χ1v) is 7.01. The van der Waals surface area contributed by atoms with Crippen LogP contribution in [-0.2, 0) is 4.74 Å². The van der Waals surface area contributed by atoms with Gasteiger partial charge in [-0.1, -0.05) is 18.2 Å². The van der Waals surface area contributed by atoms with Gasteiger partial charge in [0.25, 0.3) is 5.91 Å². The second-order valence-corrected chi connectivity index (χ2v) is 4.80. The lowest BCUT2D eigenvalue weighted by molar-refractivity contribution is 0.0602. The highest BCUT2D eigenvalue weighted by Gasteiger charge is 2.14. The molecule has 120 valence electrons. The van der Waals surface area contributed by atoms with Gasteiger partial charge in [0, 0.05) is 5.56 Å². The Morgan fingerprint density at radius 3 is 2.71 bits per heavy atom. The molecule has 0 fully saturated rings. The molecule has 3 rings (SSSR count). The van der Waals surface area contributed by atoms with Gasteiger partial charge in [-0.2, -0.15) is 0 Å². The van der Waals surface area contributed by atoms with Gasteiger partial charge >= 0.3 is 5.97 Å². The van der Waals surface area contributed by atoms with Gasteiger partial charge in [0.15, 0.2) is 0 Å². The summed E-state index contributed by atoms with van der Waals surface area (Å²) in [6, 6.07) is 13.4. The molecule has 0 saturated carbocycles. The number of rotatable bonds is 4. The van der Waals surface area contributed by atoms with Crippen LogP contribution < -0.4 is 5.32 Å². The molecule has 0 bridgehead atoms. The third-order valence-corrected chi connectivity index (χ3v) is 3.30. The maximum atomic E-state index is 12.5. The molecule has 0 saturated heterocycles. The minimum Gasteiger partial charge on any atom is -0.465 e. The second kappa shape index (κ2) is 6.69. The van der Waals surface area contributed by atoms with Crippen LogP contribution >= 0.6 is 0 Å². The maximum absolute atomic E-state index is 12.5. The molecular weight excluding hydrogens is 310 g/mol. The van der Waals surface area contributed by atoms with Crippen LogP contribution in [0, 0.1) is 0 Å². The fraction of sp³-hybridized carbons (Fsp3) is 0.0625. The first-order chi connectivity index (χ1) is 11.7. The zero-order chi connectivity index (χ0) is 16.9. The Labute approximate surface area is 137 Å². The molecule has 1 N–H and O–H groups in total. The number of nitrogens with one attached hydrogen (secondary N) is 1. The smallest absolute Gasteiger partial charge is 0.339 e. The topological polar surface area (TPSA) is 99.0 Å². The number of anilines is 1. The van der Waals surface area contributed by atoms with Gasteiger partial charge < -0.3 is 10.1 Å². The third kappa shape index (κ3) is 3.12. The summed E-state index contributed by atoms with van der Waals surface area (Å²) in [5, 5.41) is 13.6. The molecule has 0 aliphatic rings. The van der Waals surface area contributed by atoms with Crippen molar-refractivity contribution >= 4 is 17.6 Å². The van der Waals surface area contributed by atoms with Gasteiger partial charge in [-0.05, 0) is 40.8 Å². The van der Waals surface area contributed by atoms with Crippen molar-refractivity contribution in [3.8, 4) is 5.69 Å². The van der Waals surface area contributed by atoms with E-state index in [-0.39, 0.29) is 11.5 Å². The fourth-order valence-corrected chi connectivity index (χ4v) is 2.14. The molecular formula is C16H13N5O3. The Balaban J connectivity index is 1.86. The van der Waals surface area contributed by atoms with Crippen molar-refractivity contribution < 1.29 is 14.3 Å². The van der Waals surface area contributed by atoms with Crippen molar-refractivity contribution in [1.82, 2.24) is 20.2 Å². The van der Waals surface area contributed by atoms with Crippen molar-refractivity contribution in [2.24, 2.45) is 0 Å². The van der Waals surface area contributed by atoms with Crippen LogP contribution in [0.25, 0.3) is 5.69 Å². The van der Waals surface area contributed by atoms with Gasteiger partial charge in [-0.15, -0.1) is 5.10 Å². The van der Waals surface area contributed by atoms with Crippen LogP contribution in [-0.4, -0.2) is 39.2 Å². The van der Waals surface area contributed by atoms with E-state index in [9.17, 15) is 9.59 Å². The molecule has 8 heteroatoms. The lowest BCUT2D eigenvalue weighted by Crippen LogP contribution is -2.15. The monoisotopic (exact) mass is 323 g/mol. The molecule has 0 atom stereocenters. The van der Waals surface area contributed by atoms with E-state index in [2.05, 4.69) is 20.8 Å². The maximum Gasteiger partial charge on any atom is 0.339 e. The third-order valence-electron chi connectivity index (χ3n) is 3.30. The van der Waals surface area contributed by atoms with Crippen LogP contribution in [0.5, 0.6) is 0 Å². The number of carbonyl (C=O) groups excluding carboxylic acids is 2. The molecule has 0 unspecified atom stereocenters. The predicted molar refractivity (Wildman–Crippen MR) is 84.9 cm³/mol. The Kier molecular flexibility index (Phi) is 4.28. The van der Waals surface area contributed by atoms with Gasteiger partial charge in [0.05, 0.1) is 24.0 Å². The summed E-state index contributed by atoms with van der Waals surface area (Å²) in [6.07, 6.45) is 1.43. The SMILES string of the molecule is COC(=O)c1ccccc1NC(=O)c1cccc(-n2cnnn2)c1. The van der Waals surface area contributed by atoms with Crippen LogP contribution in [0.4, 0.5) is 5.69 Å². The van der Waals surface area contributed by atoms with Gasteiger partial charge in [0.2, 0.25) is 0 Å². The van der Waals surface area contributed by atoms with Crippen molar-refractivity contribution in [2.45, 2.75) is 0 Å². The van der Waals surface area contributed by atoms with Crippen molar-refractivity contribution in [3.05, 3.63) is 66.0 Å². The number of nitrogens with zero attached hydrogens (tertiary/aromatic N) is 4. The molecule has 3 aromatic rings. The number of amides is 1. The minimum absolute atomic E-state index is 0.282. The Hall–Kier alpha value is -3.55. The summed E-state index contributed by atoms with van der Waals surface area (Å²) < 4.78 is 6.16. The van der Waals surface area contributed by atoms with Gasteiger partial charge in [0.1, 0.15) is 6.33 Å². The Morgan fingerprint density at radius 1 is 1.12 bits per heavy atom. The summed E-state index contributed by atoms with van der Waals surface area (Å²) in [5.74, 6) is -0.880. The number of aromatic nitrogens is 4. The van der Waals surface area contributed by atoms with E-state index in [1.165, 1.54) is 18.1 Å². The number of esters is 1. The standard InChI is InChI=1S/C16H13N5O3/c1-24-16(23)13-7-2-3-8-14(13)18-15(22)11-5-4-6-12(9-11)21-10-17-19-20-21/h2-10H,1H3,(H,18,22). The number of para-hydroxylation sites is 1. The first-order valence-electron chi connectivity index (χ1n) is 7.01. The molecule has 1 aromatic heterocycles. The van der Waals surface area contributed by atoms with Crippen molar-refractivity contribution in [2.75, 3.05) is 12.4 Å². The summed E-state index contributed by atoms with van der Waals surface area (Å²) in [7, 11) is 1.29. The van der Waals surface area contributed by atoms with E-state index < -0.39 is 5.97 Å². The number of methoxy groups -OCH3 is 1. The highest BCUT2D eigenvalue weighted by atomic mass is 16.5. The van der Waals surface area contributed by atoms with Crippen LogP contribution in [0.3, 0.4) is 0 Å². The summed E-state index contributed by atoms with van der Waals surface area (Å²) in [4.78, 5) is 24.2. The zero-order valence-electron chi connectivity index (χ0n) is 12.7. The summed E-state index contributed by atoms with van der Waals surface area (Å²) in [6.45, 7) is 0. The first kappa shape index (κ1) is 15.3. The highest BCUT2D eigenvalue weighted by molar-refractivity contribution is 6.08. The summed E-state index contributed by atoms with van der Waals surface area (Å²) in [5.41, 5.74) is 1.71. The lowest BCUT2D eigenvalue weighted by Gasteiger charge is -2.10. The fourth-order valence-electron chi connectivity index (χ4n) is 2.14. The number of tetrazole rings is 1. The normalized spacial score (nSPS) is 10.2. The van der Waals surface area contributed by atoms with E-state index in [1.807, 2.05) is 0 Å². The van der Waals surface area contributed by atoms with Crippen molar-refractivity contribution in [1.29, 1.82) is 0 Å². The van der Waals surface area contributed by atoms with E-state index in [0.717, 1.165) is 0 Å². The number of hydrogen-bond acceptors (Lipinski definition) is 6. The number of hydrogen-bond donors (Lipinski definition) is 1. The van der Waals surface area contributed by atoms with Gasteiger partial charge in [-0.25, -0.2) is 9.48 Å². The average Bonchev–Trinajstić information content (AvgIpc) is 3.16. The Bertz CT molecular complexity index is 877. The highest BCUT2D eigenvalue weighted by Crippen LogP contribution is 2.18. The second-order valence-electron chi connectivity index (χ2n) is 4.80. The molecule has 0 radical (unpaired) electrons. The zero-order valence-corrected chi connectivity index (χ0v) is 12.7. The molecule has 1 heterocycles. The summed E-state index contributed by atoms with van der Waals surface area (Å²) >= 11 is 0. The van der Waals surface area contributed by atoms with Crippen LogP contribution in [0.2, 0.25) is 0 Å². The molecule has 24 heavy (non-hydrogen) atoms. The van der Waals surface area contributed by atoms with Crippen LogP contribution in [0.1, 0.15) is 20.7 Å². The van der Waals surface area contributed by atoms with Gasteiger partial charge in [-0.3, -0.25) is 4.79 Å². The molecule has 1 amide bonds. The lowest BCUT2D eigenvalue weighted by atomic mass is 10.1. The van der Waals surface area contributed by atoms with E-state index in [4.69, 9.17) is 4.74 Å². The van der Waals surface area contributed by atoms with Crippen molar-refractivity contribution in [3.63, 3.8) is 0 Å². The Morgan fingerprint density at radius 2 is 1.96 bits per heavy atom. The quantitative estimate of drug-likeness (QED) is 0.734. The number of ether oxygens (including phenoxy) is 1. The number of carbonyl (C=O) groups is 2. The average molecular weight is 323 g/mol. The number of benzene rings is 2. The van der Waals surface area contributed by atoms with E-state index in [1.54, 1.807) is 48.5 Å². The largest absolute Gasteiger partial charge is 0.465 e.